The maximum Gasteiger partial charge on any atom is 0.336 e. The number of hydrogen-bond donors (Lipinski definition) is 2. The van der Waals surface area contributed by atoms with E-state index in [1.807, 2.05) is 6.92 Å². The van der Waals surface area contributed by atoms with Gasteiger partial charge in [0.2, 0.25) is 5.91 Å². The van der Waals surface area contributed by atoms with Gasteiger partial charge in [-0.3, -0.25) is 9.00 Å². The highest BCUT2D eigenvalue weighted by atomic mass is 32.2. The first-order valence-electron chi connectivity index (χ1n) is 7.90. The van der Waals surface area contributed by atoms with Crippen LogP contribution in [0.5, 0.6) is 0 Å². The molecule has 0 radical (unpaired) electrons. The lowest BCUT2D eigenvalue weighted by Crippen LogP contribution is -2.41. The van der Waals surface area contributed by atoms with Crippen LogP contribution in [0.25, 0.3) is 0 Å². The van der Waals surface area contributed by atoms with Gasteiger partial charge in [0.1, 0.15) is 0 Å². The van der Waals surface area contributed by atoms with Crippen molar-refractivity contribution in [2.75, 3.05) is 6.54 Å². The molecule has 8 heteroatoms. The smallest absolute Gasteiger partial charge is 0.336 e. The lowest BCUT2D eigenvalue weighted by Gasteiger charge is -2.36. The SMILES string of the molecule is CCCCN(C1CCc2ccc(C(=O)O)c(C(N)=O)c2C1)S(=O)[O-]. The van der Waals surface area contributed by atoms with Gasteiger partial charge in [-0.2, -0.15) is 0 Å². The normalized spacial score (nSPS) is 18.2. The summed E-state index contributed by atoms with van der Waals surface area (Å²) in [5.41, 5.74) is 6.68. The maximum atomic E-state index is 11.8. The molecule has 0 saturated carbocycles. The van der Waals surface area contributed by atoms with Crippen LogP contribution in [0, 0.1) is 0 Å². The minimum absolute atomic E-state index is 0.00294. The van der Waals surface area contributed by atoms with Crippen LogP contribution >= 0.6 is 0 Å². The highest BCUT2D eigenvalue weighted by Crippen LogP contribution is 2.30. The van der Waals surface area contributed by atoms with Crippen molar-refractivity contribution in [2.45, 2.75) is 45.1 Å². The van der Waals surface area contributed by atoms with Crippen molar-refractivity contribution in [3.8, 4) is 0 Å². The molecule has 1 aliphatic carbocycles. The van der Waals surface area contributed by atoms with Crippen molar-refractivity contribution in [3.63, 3.8) is 0 Å². The number of rotatable bonds is 7. The number of nitrogens with two attached hydrogens (primary N) is 1. The number of carbonyl (C=O) groups excluding carboxylic acids is 1. The third-order valence-electron chi connectivity index (χ3n) is 4.40. The van der Waals surface area contributed by atoms with Crippen LogP contribution in [0.2, 0.25) is 0 Å². The number of unbranched alkanes of at least 4 members (excludes halogenated alkanes) is 1. The second kappa shape index (κ2) is 7.87. The Kier molecular flexibility index (Phi) is 6.09. The summed E-state index contributed by atoms with van der Waals surface area (Å²) in [5, 5.41) is 9.28. The third-order valence-corrected chi connectivity index (χ3v) is 5.27. The third kappa shape index (κ3) is 3.82. The van der Waals surface area contributed by atoms with E-state index in [0.29, 0.717) is 31.4 Å². The number of carboxylic acid groups (broad SMARTS) is 1. The minimum Gasteiger partial charge on any atom is -0.760 e. The Morgan fingerprint density at radius 3 is 2.71 bits per heavy atom. The van der Waals surface area contributed by atoms with Gasteiger partial charge in [0, 0.05) is 23.9 Å². The highest BCUT2D eigenvalue weighted by molar-refractivity contribution is 7.76. The first kappa shape index (κ1) is 18.6. The molecular weight excluding hydrogens is 332 g/mol. The van der Waals surface area contributed by atoms with Gasteiger partial charge in [0.05, 0.1) is 11.1 Å². The number of aromatic carboxylic acids is 1. The molecule has 1 aromatic carbocycles. The topological polar surface area (TPSA) is 124 Å². The van der Waals surface area contributed by atoms with E-state index in [1.165, 1.54) is 10.4 Å². The van der Waals surface area contributed by atoms with Crippen LogP contribution in [-0.4, -0.2) is 42.6 Å². The lowest BCUT2D eigenvalue weighted by atomic mass is 9.83. The summed E-state index contributed by atoms with van der Waals surface area (Å²) in [6.07, 6.45) is 3.13. The fourth-order valence-electron chi connectivity index (χ4n) is 3.22. The van der Waals surface area contributed by atoms with E-state index in [0.717, 1.165) is 18.4 Å². The predicted octanol–water partition coefficient (Wildman–Crippen LogP) is 1.24. The summed E-state index contributed by atoms with van der Waals surface area (Å²) in [7, 11) is 0. The highest BCUT2D eigenvalue weighted by Gasteiger charge is 2.30. The van der Waals surface area contributed by atoms with Gasteiger partial charge >= 0.3 is 5.97 Å². The number of benzene rings is 1. The maximum absolute atomic E-state index is 11.8. The Labute approximate surface area is 143 Å². The number of nitrogens with zero attached hydrogens (tertiary/aromatic N) is 1. The van der Waals surface area contributed by atoms with Crippen molar-refractivity contribution in [1.82, 2.24) is 4.31 Å². The van der Waals surface area contributed by atoms with Crippen molar-refractivity contribution >= 4 is 23.1 Å². The van der Waals surface area contributed by atoms with Crippen LogP contribution in [-0.2, 0) is 24.1 Å². The van der Waals surface area contributed by atoms with E-state index in [-0.39, 0.29) is 17.2 Å². The van der Waals surface area contributed by atoms with E-state index in [4.69, 9.17) is 5.73 Å². The van der Waals surface area contributed by atoms with Crippen LogP contribution in [0.4, 0.5) is 0 Å². The minimum atomic E-state index is -2.36. The molecule has 132 valence electrons. The lowest BCUT2D eigenvalue weighted by molar-refractivity contribution is 0.0691. The van der Waals surface area contributed by atoms with Crippen molar-refractivity contribution in [3.05, 3.63) is 34.4 Å². The second-order valence-corrected chi connectivity index (χ2v) is 6.81. The zero-order valence-corrected chi connectivity index (χ0v) is 14.3. The predicted molar refractivity (Wildman–Crippen MR) is 88.3 cm³/mol. The van der Waals surface area contributed by atoms with Gasteiger partial charge in [-0.15, -0.1) is 0 Å². The molecule has 7 nitrogen and oxygen atoms in total. The first-order valence-corrected chi connectivity index (χ1v) is 8.93. The van der Waals surface area contributed by atoms with Crippen LogP contribution < -0.4 is 5.73 Å². The summed E-state index contributed by atoms with van der Waals surface area (Å²) < 4.78 is 24.5. The number of carboxylic acids is 1. The summed E-state index contributed by atoms with van der Waals surface area (Å²) >= 11 is -2.36. The van der Waals surface area contributed by atoms with Crippen LogP contribution in [0.3, 0.4) is 0 Å². The molecule has 0 bridgehead atoms. The largest absolute Gasteiger partial charge is 0.760 e. The summed E-state index contributed by atoms with van der Waals surface area (Å²) in [4.78, 5) is 23.2. The fourth-order valence-corrected chi connectivity index (χ4v) is 3.92. The van der Waals surface area contributed by atoms with E-state index < -0.39 is 23.1 Å². The molecule has 0 spiro atoms. The van der Waals surface area contributed by atoms with Gasteiger partial charge in [0.25, 0.3) is 0 Å². The van der Waals surface area contributed by atoms with Gasteiger partial charge in [-0.25, -0.2) is 9.10 Å². The number of primary amides is 1. The Bertz CT molecular complexity index is 677. The summed E-state index contributed by atoms with van der Waals surface area (Å²) in [6, 6.07) is 2.79. The molecule has 0 heterocycles. The molecular formula is C16H21N2O5S-. The number of amides is 1. The monoisotopic (exact) mass is 353 g/mol. The summed E-state index contributed by atoms with van der Waals surface area (Å²) in [6.45, 7) is 2.39. The van der Waals surface area contributed by atoms with Gasteiger partial charge in [0.15, 0.2) is 0 Å². The summed E-state index contributed by atoms with van der Waals surface area (Å²) in [5.74, 6) is -2.02. The molecule has 3 N–H and O–H groups in total. The van der Waals surface area contributed by atoms with E-state index in [9.17, 15) is 23.5 Å². The molecule has 0 saturated heterocycles. The first-order chi connectivity index (χ1) is 11.4. The van der Waals surface area contributed by atoms with Crippen molar-refractivity contribution < 1.29 is 23.5 Å². The molecule has 2 rings (SSSR count). The van der Waals surface area contributed by atoms with Gasteiger partial charge in [-0.1, -0.05) is 19.4 Å². The van der Waals surface area contributed by atoms with Crippen molar-refractivity contribution in [2.24, 2.45) is 5.73 Å². The Balaban J connectivity index is 2.40. The average molecular weight is 353 g/mol. The zero-order chi connectivity index (χ0) is 17.9. The number of aryl methyl sites for hydroxylation is 1. The number of hydrogen-bond acceptors (Lipinski definition) is 4. The molecule has 2 unspecified atom stereocenters. The van der Waals surface area contributed by atoms with E-state index in [1.54, 1.807) is 6.07 Å². The van der Waals surface area contributed by atoms with E-state index >= 15 is 0 Å². The number of fused-ring (bicyclic) bond motifs is 1. The second-order valence-electron chi connectivity index (χ2n) is 5.90. The fraction of sp³-hybridized carbons (Fsp3) is 0.500. The van der Waals surface area contributed by atoms with Gasteiger partial charge in [-0.05, 0) is 42.9 Å². The quantitative estimate of drug-likeness (QED) is 0.714. The van der Waals surface area contributed by atoms with Gasteiger partial charge < -0.3 is 15.4 Å². The van der Waals surface area contributed by atoms with Crippen molar-refractivity contribution in [1.29, 1.82) is 0 Å². The molecule has 24 heavy (non-hydrogen) atoms. The standard InChI is InChI=1S/C16H22N2O5S/c1-2-3-8-18(24(22)23)11-6-4-10-5-7-12(16(20)21)14(15(17)19)13(10)9-11/h5,7,11H,2-4,6,8-9H2,1H3,(H2,17,19)(H,20,21)(H,22,23)/p-1. The van der Waals surface area contributed by atoms with Crippen LogP contribution in [0.15, 0.2) is 12.1 Å². The van der Waals surface area contributed by atoms with Crippen LogP contribution in [0.1, 0.15) is 58.0 Å². The molecule has 0 aliphatic heterocycles. The Hall–Kier alpha value is -1.77. The Morgan fingerprint density at radius 2 is 2.17 bits per heavy atom. The molecule has 1 amide bonds. The molecule has 0 fully saturated rings. The van der Waals surface area contributed by atoms with E-state index in [2.05, 4.69) is 0 Å². The number of carbonyl (C=O) groups is 2. The molecule has 1 aliphatic rings. The molecule has 0 aromatic heterocycles. The zero-order valence-electron chi connectivity index (χ0n) is 13.5. The Morgan fingerprint density at radius 1 is 1.46 bits per heavy atom. The average Bonchev–Trinajstić information content (AvgIpc) is 2.53. The molecule has 1 aromatic rings. The molecule has 2 atom stereocenters.